The summed E-state index contributed by atoms with van der Waals surface area (Å²) in [5.74, 6) is 0.188. The molecule has 1 aromatic heterocycles. The number of rotatable bonds is 3. The Morgan fingerprint density at radius 2 is 1.75 bits per heavy atom. The Hall–Kier alpha value is -2.89. The second-order valence-corrected chi connectivity index (χ2v) is 7.67. The number of carbonyl (C=O) groups is 2. The largest absolute Gasteiger partial charge is 0.336 e. The highest BCUT2D eigenvalue weighted by Crippen LogP contribution is 2.29. The molecular formula is C22H25N3O3. The van der Waals surface area contributed by atoms with Crippen LogP contribution in [-0.4, -0.2) is 51.9 Å². The molecule has 2 bridgehead atoms. The van der Waals surface area contributed by atoms with Crippen molar-refractivity contribution in [3.8, 4) is 0 Å². The molecule has 3 aliphatic rings. The molecule has 6 nitrogen and oxygen atoms in total. The van der Waals surface area contributed by atoms with Crippen LogP contribution in [0.25, 0.3) is 0 Å². The molecule has 146 valence electrons. The molecule has 0 saturated carbocycles. The molecule has 6 heteroatoms. The second kappa shape index (κ2) is 7.62. The van der Waals surface area contributed by atoms with Crippen LogP contribution < -0.4 is 5.56 Å². The number of aromatic nitrogens is 1. The Kier molecular flexibility index (Phi) is 5.03. The Balaban J connectivity index is 1.55. The smallest absolute Gasteiger partial charge is 0.254 e. The van der Waals surface area contributed by atoms with Crippen LogP contribution >= 0.6 is 0 Å². The molecule has 2 atom stereocenters. The van der Waals surface area contributed by atoms with Gasteiger partial charge in [0.2, 0.25) is 0 Å². The SMILES string of the molecule is CCn1ccc(C(=O)N2C[C@H]3CC[C@@H]2CN(C(=O)c2ccccc2)C3)cc1=O. The van der Waals surface area contributed by atoms with Crippen LogP contribution in [0, 0.1) is 5.92 Å². The molecule has 3 saturated heterocycles. The van der Waals surface area contributed by atoms with E-state index in [1.54, 1.807) is 16.8 Å². The first-order valence-corrected chi connectivity index (χ1v) is 9.92. The molecule has 1 aromatic carbocycles. The summed E-state index contributed by atoms with van der Waals surface area (Å²) in [7, 11) is 0. The van der Waals surface area contributed by atoms with Crippen molar-refractivity contribution >= 4 is 11.8 Å². The predicted octanol–water partition coefficient (Wildman–Crippen LogP) is 2.25. The quantitative estimate of drug-likeness (QED) is 0.822. The minimum Gasteiger partial charge on any atom is -0.336 e. The van der Waals surface area contributed by atoms with Gasteiger partial charge in [-0.25, -0.2) is 0 Å². The number of piperidine rings is 1. The van der Waals surface area contributed by atoms with Crippen LogP contribution in [0.15, 0.2) is 53.5 Å². The molecule has 0 unspecified atom stereocenters. The maximum Gasteiger partial charge on any atom is 0.254 e. The summed E-state index contributed by atoms with van der Waals surface area (Å²) >= 11 is 0. The fraction of sp³-hybridized carbons (Fsp3) is 0.409. The van der Waals surface area contributed by atoms with Crippen LogP contribution in [0.2, 0.25) is 0 Å². The van der Waals surface area contributed by atoms with Crippen LogP contribution in [0.1, 0.15) is 40.5 Å². The number of pyridine rings is 1. The van der Waals surface area contributed by atoms with Gasteiger partial charge in [-0.3, -0.25) is 14.4 Å². The highest BCUT2D eigenvalue weighted by Gasteiger charge is 2.39. The van der Waals surface area contributed by atoms with E-state index in [0.717, 1.165) is 12.8 Å². The third-order valence-corrected chi connectivity index (χ3v) is 5.87. The lowest BCUT2D eigenvalue weighted by molar-refractivity contribution is 0.0574. The van der Waals surface area contributed by atoms with Gasteiger partial charge in [0.15, 0.2) is 0 Å². The Bertz CT molecular complexity index is 938. The van der Waals surface area contributed by atoms with Gasteiger partial charge in [-0.05, 0) is 43.9 Å². The average molecular weight is 379 g/mol. The normalized spacial score (nSPS) is 21.5. The molecule has 3 aliphatic heterocycles. The number of hydrogen-bond donors (Lipinski definition) is 0. The standard InChI is InChI=1S/C22H25N3O3/c1-2-23-11-10-18(12-20(23)26)22(28)25-14-16-8-9-19(25)15-24(13-16)21(27)17-6-4-3-5-7-17/h3-7,10-12,16,19H,2,8-9,13-15H2,1H3/t16-,19+/m0/s1. The monoisotopic (exact) mass is 379 g/mol. The van der Waals surface area contributed by atoms with Crippen molar-refractivity contribution in [3.05, 3.63) is 70.1 Å². The van der Waals surface area contributed by atoms with Gasteiger partial charge in [0.1, 0.15) is 0 Å². The molecule has 0 spiro atoms. The van der Waals surface area contributed by atoms with Gasteiger partial charge in [-0.1, -0.05) is 18.2 Å². The van der Waals surface area contributed by atoms with E-state index in [1.165, 1.54) is 6.07 Å². The van der Waals surface area contributed by atoms with Crippen molar-refractivity contribution < 1.29 is 9.59 Å². The summed E-state index contributed by atoms with van der Waals surface area (Å²) in [6.45, 7) is 4.33. The van der Waals surface area contributed by atoms with E-state index >= 15 is 0 Å². The van der Waals surface area contributed by atoms with E-state index in [0.29, 0.717) is 37.3 Å². The number of amides is 2. The predicted molar refractivity (Wildman–Crippen MR) is 106 cm³/mol. The van der Waals surface area contributed by atoms with E-state index in [9.17, 15) is 14.4 Å². The summed E-state index contributed by atoms with van der Waals surface area (Å²) in [4.78, 5) is 41.9. The summed E-state index contributed by atoms with van der Waals surface area (Å²) < 4.78 is 1.58. The van der Waals surface area contributed by atoms with Crippen LogP contribution in [0.4, 0.5) is 0 Å². The molecule has 3 fully saturated rings. The third kappa shape index (κ3) is 3.46. The van der Waals surface area contributed by atoms with E-state index < -0.39 is 0 Å². The zero-order chi connectivity index (χ0) is 19.7. The van der Waals surface area contributed by atoms with E-state index in [1.807, 2.05) is 47.1 Å². The lowest BCUT2D eigenvalue weighted by atomic mass is 9.94. The van der Waals surface area contributed by atoms with Gasteiger partial charge in [0.05, 0.1) is 0 Å². The molecule has 0 aliphatic carbocycles. The van der Waals surface area contributed by atoms with Gasteiger partial charge in [-0.2, -0.15) is 0 Å². The first-order valence-electron chi connectivity index (χ1n) is 9.92. The zero-order valence-corrected chi connectivity index (χ0v) is 16.1. The van der Waals surface area contributed by atoms with Crippen molar-refractivity contribution in [1.82, 2.24) is 14.4 Å². The number of fused-ring (bicyclic) bond motifs is 4. The molecule has 2 amide bonds. The minimum absolute atomic E-state index is 0.00693. The third-order valence-electron chi connectivity index (χ3n) is 5.87. The number of hydrogen-bond acceptors (Lipinski definition) is 3. The van der Waals surface area contributed by atoms with Gasteiger partial charge in [-0.15, -0.1) is 0 Å². The molecule has 2 aromatic rings. The lowest BCUT2D eigenvalue weighted by Gasteiger charge is -2.36. The maximum atomic E-state index is 13.1. The van der Waals surface area contributed by atoms with E-state index in [4.69, 9.17) is 0 Å². The van der Waals surface area contributed by atoms with E-state index in [-0.39, 0.29) is 29.3 Å². The highest BCUT2D eigenvalue weighted by molar-refractivity contribution is 5.95. The van der Waals surface area contributed by atoms with Crippen LogP contribution in [0.5, 0.6) is 0 Å². The molecule has 28 heavy (non-hydrogen) atoms. The first kappa shape index (κ1) is 18.5. The summed E-state index contributed by atoms with van der Waals surface area (Å²) in [6.07, 6.45) is 3.59. The highest BCUT2D eigenvalue weighted by atomic mass is 16.2. The number of benzene rings is 1. The molecule has 4 heterocycles. The van der Waals surface area contributed by atoms with Crippen molar-refractivity contribution in [3.63, 3.8) is 0 Å². The van der Waals surface area contributed by atoms with Crippen molar-refractivity contribution in [1.29, 1.82) is 0 Å². The minimum atomic E-state index is -0.158. The van der Waals surface area contributed by atoms with Gasteiger partial charge >= 0.3 is 0 Å². The fourth-order valence-electron chi connectivity index (χ4n) is 4.33. The summed E-state index contributed by atoms with van der Waals surface area (Å²) in [6, 6.07) is 12.4. The molecule has 5 rings (SSSR count). The van der Waals surface area contributed by atoms with Gasteiger partial charge in [0, 0.05) is 55.6 Å². The topological polar surface area (TPSA) is 62.6 Å². The van der Waals surface area contributed by atoms with Crippen molar-refractivity contribution in [2.75, 3.05) is 19.6 Å². The zero-order valence-electron chi connectivity index (χ0n) is 16.1. The van der Waals surface area contributed by atoms with E-state index in [2.05, 4.69) is 0 Å². The first-order chi connectivity index (χ1) is 13.6. The van der Waals surface area contributed by atoms with Crippen LogP contribution in [-0.2, 0) is 6.54 Å². The lowest BCUT2D eigenvalue weighted by Crippen LogP contribution is -2.48. The van der Waals surface area contributed by atoms with Crippen molar-refractivity contribution in [2.24, 2.45) is 5.92 Å². The molecular weight excluding hydrogens is 354 g/mol. The van der Waals surface area contributed by atoms with Gasteiger partial charge < -0.3 is 14.4 Å². The molecule has 0 N–H and O–H groups in total. The number of aryl methyl sites for hydroxylation is 1. The Labute approximate surface area is 164 Å². The van der Waals surface area contributed by atoms with Gasteiger partial charge in [0.25, 0.3) is 17.4 Å². The number of carbonyl (C=O) groups excluding carboxylic acids is 2. The Morgan fingerprint density at radius 1 is 0.964 bits per heavy atom. The Morgan fingerprint density at radius 3 is 2.46 bits per heavy atom. The molecule has 0 radical (unpaired) electrons. The maximum absolute atomic E-state index is 13.1. The summed E-state index contributed by atoms with van der Waals surface area (Å²) in [5.41, 5.74) is 0.960. The fourth-order valence-corrected chi connectivity index (χ4v) is 4.33. The van der Waals surface area contributed by atoms with Crippen molar-refractivity contribution in [2.45, 2.75) is 32.4 Å². The number of nitrogens with zero attached hydrogens (tertiary/aromatic N) is 3. The summed E-state index contributed by atoms with van der Waals surface area (Å²) in [5, 5.41) is 0. The second-order valence-electron chi connectivity index (χ2n) is 7.67. The average Bonchev–Trinajstić information content (AvgIpc) is 3.05. The van der Waals surface area contributed by atoms with Crippen LogP contribution in [0.3, 0.4) is 0 Å².